The van der Waals surface area contributed by atoms with E-state index in [0.29, 0.717) is 4.66 Å². The van der Waals surface area contributed by atoms with Crippen molar-refractivity contribution in [2.75, 3.05) is 0 Å². The second-order valence-electron chi connectivity index (χ2n) is 3.05. The van der Waals surface area contributed by atoms with Crippen LogP contribution in [-0.4, -0.2) is 13.3 Å². The SMILES string of the molecule is C[Si](C)(C)/C(Cl)=C/C(=O)Cl. The van der Waals surface area contributed by atoms with Crippen LogP contribution in [0.5, 0.6) is 0 Å². The third kappa shape index (κ3) is 4.09. The van der Waals surface area contributed by atoms with Gasteiger partial charge in [0.2, 0.25) is 5.24 Å². The molecule has 10 heavy (non-hydrogen) atoms. The molecule has 0 radical (unpaired) electrons. The van der Waals surface area contributed by atoms with E-state index in [1.165, 1.54) is 6.08 Å². The Bertz CT molecular complexity index is 169. The van der Waals surface area contributed by atoms with Gasteiger partial charge in [-0.3, -0.25) is 4.79 Å². The average molecular weight is 197 g/mol. The minimum atomic E-state index is -1.50. The topological polar surface area (TPSA) is 17.1 Å². The van der Waals surface area contributed by atoms with Crippen LogP contribution in [0, 0.1) is 0 Å². The lowest BCUT2D eigenvalue weighted by Gasteiger charge is -2.12. The number of hydrogen-bond acceptors (Lipinski definition) is 1. The van der Waals surface area contributed by atoms with E-state index in [9.17, 15) is 4.79 Å². The highest BCUT2D eigenvalue weighted by Crippen LogP contribution is 2.18. The lowest BCUT2D eigenvalue weighted by Crippen LogP contribution is -2.20. The van der Waals surface area contributed by atoms with E-state index in [-0.39, 0.29) is 0 Å². The van der Waals surface area contributed by atoms with Crippen molar-refractivity contribution in [2.24, 2.45) is 0 Å². The Morgan fingerprint density at radius 3 is 1.80 bits per heavy atom. The summed E-state index contributed by atoms with van der Waals surface area (Å²) in [5.74, 6) is 0. The van der Waals surface area contributed by atoms with Crippen LogP contribution in [0.25, 0.3) is 0 Å². The molecule has 0 amide bonds. The summed E-state index contributed by atoms with van der Waals surface area (Å²) in [7, 11) is -1.50. The molecule has 58 valence electrons. The zero-order valence-corrected chi connectivity index (χ0v) is 8.75. The first-order valence-electron chi connectivity index (χ1n) is 2.91. The van der Waals surface area contributed by atoms with Gasteiger partial charge >= 0.3 is 0 Å². The third-order valence-corrected chi connectivity index (χ3v) is 4.45. The molecular formula is C6H10Cl2OSi. The van der Waals surface area contributed by atoms with Crippen molar-refractivity contribution in [3.05, 3.63) is 10.7 Å². The van der Waals surface area contributed by atoms with Crippen molar-refractivity contribution in [1.82, 2.24) is 0 Å². The summed E-state index contributed by atoms with van der Waals surface area (Å²) in [6, 6.07) is 0. The zero-order valence-electron chi connectivity index (χ0n) is 6.24. The van der Waals surface area contributed by atoms with E-state index in [4.69, 9.17) is 23.2 Å². The Kier molecular flexibility index (Phi) is 3.63. The van der Waals surface area contributed by atoms with Crippen LogP contribution in [0.15, 0.2) is 10.7 Å². The molecule has 0 aromatic heterocycles. The predicted octanol–water partition coefficient (Wildman–Crippen LogP) is 2.75. The molecular weight excluding hydrogens is 187 g/mol. The molecule has 0 saturated carbocycles. The molecule has 0 aliphatic heterocycles. The first-order chi connectivity index (χ1) is 4.34. The fraction of sp³-hybridized carbons (Fsp3) is 0.500. The zero-order chi connectivity index (χ0) is 8.36. The number of allylic oxidation sites excluding steroid dienone is 1. The van der Waals surface area contributed by atoms with Crippen LogP contribution in [0.1, 0.15) is 0 Å². The molecule has 0 unspecified atom stereocenters. The Labute approximate surface area is 72.0 Å². The second-order valence-corrected chi connectivity index (χ2v) is 9.18. The van der Waals surface area contributed by atoms with Gasteiger partial charge in [-0.25, -0.2) is 0 Å². The van der Waals surface area contributed by atoms with Gasteiger partial charge in [0.15, 0.2) is 0 Å². The van der Waals surface area contributed by atoms with Crippen LogP contribution < -0.4 is 0 Å². The number of carbonyl (C=O) groups excluding carboxylic acids is 1. The van der Waals surface area contributed by atoms with E-state index in [1.807, 2.05) is 19.6 Å². The van der Waals surface area contributed by atoms with Crippen molar-refractivity contribution in [3.8, 4) is 0 Å². The molecule has 0 fully saturated rings. The highest BCUT2D eigenvalue weighted by Gasteiger charge is 2.17. The maximum Gasteiger partial charge on any atom is 0.245 e. The minimum Gasteiger partial charge on any atom is -0.276 e. The summed E-state index contributed by atoms with van der Waals surface area (Å²) in [5, 5.41) is -0.493. The number of carbonyl (C=O) groups is 1. The van der Waals surface area contributed by atoms with E-state index >= 15 is 0 Å². The molecule has 4 heteroatoms. The molecule has 0 aliphatic carbocycles. The van der Waals surface area contributed by atoms with Gasteiger partial charge in [0, 0.05) is 10.7 Å². The van der Waals surface area contributed by atoms with Crippen molar-refractivity contribution in [3.63, 3.8) is 0 Å². The molecule has 0 atom stereocenters. The van der Waals surface area contributed by atoms with Gasteiger partial charge in [0.05, 0.1) is 8.07 Å². The number of hydrogen-bond donors (Lipinski definition) is 0. The summed E-state index contributed by atoms with van der Waals surface area (Å²) in [5.41, 5.74) is 0. The van der Waals surface area contributed by atoms with Crippen molar-refractivity contribution < 1.29 is 4.79 Å². The summed E-state index contributed by atoms with van der Waals surface area (Å²) in [6.45, 7) is 6.14. The van der Waals surface area contributed by atoms with Crippen molar-refractivity contribution in [1.29, 1.82) is 0 Å². The fourth-order valence-corrected chi connectivity index (χ4v) is 1.24. The normalized spacial score (nSPS) is 13.5. The Morgan fingerprint density at radius 1 is 1.30 bits per heavy atom. The van der Waals surface area contributed by atoms with Crippen LogP contribution in [-0.2, 0) is 4.79 Å². The minimum absolute atomic E-state index is 0.493. The van der Waals surface area contributed by atoms with Gasteiger partial charge in [0.1, 0.15) is 0 Å². The molecule has 0 rings (SSSR count). The van der Waals surface area contributed by atoms with Crippen molar-refractivity contribution >= 4 is 36.5 Å². The van der Waals surface area contributed by atoms with Crippen LogP contribution >= 0.6 is 23.2 Å². The standard InChI is InChI=1S/C6H10Cl2OSi/c1-10(2,3)6(8)4-5(7)9/h4H,1-3H3/b6-4+. The Balaban J connectivity index is 4.35. The van der Waals surface area contributed by atoms with E-state index in [0.717, 1.165) is 0 Å². The van der Waals surface area contributed by atoms with Crippen molar-refractivity contribution in [2.45, 2.75) is 19.6 Å². The predicted molar refractivity (Wildman–Crippen MR) is 48.1 cm³/mol. The smallest absolute Gasteiger partial charge is 0.245 e. The molecule has 0 aliphatic rings. The molecule has 1 nitrogen and oxygen atoms in total. The van der Waals surface area contributed by atoms with Crippen LogP contribution in [0.2, 0.25) is 19.6 Å². The molecule has 0 N–H and O–H groups in total. The van der Waals surface area contributed by atoms with E-state index < -0.39 is 13.3 Å². The van der Waals surface area contributed by atoms with Gasteiger partial charge < -0.3 is 0 Å². The Hall–Kier alpha value is 0.207. The maximum absolute atomic E-state index is 10.3. The van der Waals surface area contributed by atoms with Crippen LogP contribution in [0.3, 0.4) is 0 Å². The molecule has 0 heterocycles. The summed E-state index contributed by atoms with van der Waals surface area (Å²) >= 11 is 10.9. The molecule has 0 bridgehead atoms. The third-order valence-electron chi connectivity index (χ3n) is 0.957. The van der Waals surface area contributed by atoms with Gasteiger partial charge in [0.25, 0.3) is 0 Å². The molecule has 0 spiro atoms. The van der Waals surface area contributed by atoms with E-state index in [1.54, 1.807) is 0 Å². The monoisotopic (exact) mass is 196 g/mol. The first-order valence-corrected chi connectivity index (χ1v) is 7.17. The summed E-state index contributed by atoms with van der Waals surface area (Å²) < 4.78 is 0.618. The van der Waals surface area contributed by atoms with Gasteiger partial charge in [-0.2, -0.15) is 0 Å². The fourth-order valence-electron chi connectivity index (χ4n) is 0.316. The lowest BCUT2D eigenvalue weighted by atomic mass is 10.7. The van der Waals surface area contributed by atoms with Crippen LogP contribution in [0.4, 0.5) is 0 Å². The van der Waals surface area contributed by atoms with E-state index in [2.05, 4.69) is 0 Å². The largest absolute Gasteiger partial charge is 0.276 e. The van der Waals surface area contributed by atoms with Gasteiger partial charge in [-0.1, -0.05) is 31.2 Å². The molecule has 0 aromatic rings. The first kappa shape index (κ1) is 10.2. The highest BCUT2D eigenvalue weighted by molar-refractivity contribution is 6.92. The van der Waals surface area contributed by atoms with Gasteiger partial charge in [-0.05, 0) is 11.6 Å². The lowest BCUT2D eigenvalue weighted by molar-refractivity contribution is -0.107. The average Bonchev–Trinajstić information content (AvgIpc) is 1.60. The molecule has 0 aromatic carbocycles. The summed E-state index contributed by atoms with van der Waals surface area (Å²) in [4.78, 5) is 10.3. The number of halogens is 2. The van der Waals surface area contributed by atoms with Gasteiger partial charge in [-0.15, -0.1) is 0 Å². The second kappa shape index (κ2) is 3.56. The highest BCUT2D eigenvalue weighted by atomic mass is 35.5. The number of rotatable bonds is 2. The molecule has 0 saturated heterocycles. The maximum atomic E-state index is 10.3. The Morgan fingerprint density at radius 2 is 1.70 bits per heavy atom. The summed E-state index contributed by atoms with van der Waals surface area (Å²) in [6.07, 6.45) is 1.29. The quantitative estimate of drug-likeness (QED) is 0.378.